The highest BCUT2D eigenvalue weighted by Gasteiger charge is 2.41. The molecule has 2 unspecified atom stereocenters. The number of Topliss-reactive ketones (excluding diaryl/α,β-unsaturated/α-hetero) is 1. The molecule has 1 N–H and O–H groups in total. The van der Waals surface area contributed by atoms with E-state index in [4.69, 9.17) is 0 Å². The number of carbonyl (C=O) groups is 2. The summed E-state index contributed by atoms with van der Waals surface area (Å²) in [5, 5.41) is 10.1. The summed E-state index contributed by atoms with van der Waals surface area (Å²) in [6, 6.07) is 3.73. The number of piperidine rings is 1. The number of phenols is 1. The summed E-state index contributed by atoms with van der Waals surface area (Å²) in [5.74, 6) is -1.03. The number of rotatable bonds is 2. The van der Waals surface area contributed by atoms with E-state index in [1.165, 1.54) is 0 Å². The highest BCUT2D eigenvalue weighted by molar-refractivity contribution is 9.10. The monoisotopic (exact) mass is 351 g/mol. The molecule has 2 aliphatic rings. The molecule has 2 fully saturated rings. The van der Waals surface area contributed by atoms with Gasteiger partial charge in [0.2, 0.25) is 5.91 Å². The Morgan fingerprint density at radius 3 is 2.86 bits per heavy atom. The lowest BCUT2D eigenvalue weighted by molar-refractivity contribution is -0.137. The zero-order valence-electron chi connectivity index (χ0n) is 11.9. The van der Waals surface area contributed by atoms with Gasteiger partial charge >= 0.3 is 0 Å². The Morgan fingerprint density at radius 1 is 1.33 bits per heavy atom. The lowest BCUT2D eigenvalue weighted by Crippen LogP contribution is -2.46. The Kier molecular flexibility index (Phi) is 3.78. The van der Waals surface area contributed by atoms with E-state index in [1.54, 1.807) is 12.1 Å². The number of hydrogen-bond donors (Lipinski definition) is 1. The van der Waals surface area contributed by atoms with E-state index in [1.807, 2.05) is 11.8 Å². The van der Waals surface area contributed by atoms with E-state index in [-0.39, 0.29) is 23.0 Å². The van der Waals surface area contributed by atoms with E-state index >= 15 is 0 Å². The predicted octanol–water partition coefficient (Wildman–Crippen LogP) is 3.05. The van der Waals surface area contributed by atoms with E-state index in [0.717, 1.165) is 31.4 Å². The van der Waals surface area contributed by atoms with Gasteiger partial charge < -0.3 is 10.0 Å². The van der Waals surface area contributed by atoms with Gasteiger partial charge in [0.05, 0.1) is 10.0 Å². The zero-order chi connectivity index (χ0) is 15.1. The number of benzene rings is 1. The van der Waals surface area contributed by atoms with Crippen molar-refractivity contribution in [2.45, 2.75) is 38.6 Å². The third kappa shape index (κ3) is 2.48. The van der Waals surface area contributed by atoms with Crippen molar-refractivity contribution in [3.8, 4) is 5.75 Å². The van der Waals surface area contributed by atoms with Crippen LogP contribution in [0.4, 0.5) is 0 Å². The molecule has 0 spiro atoms. The van der Waals surface area contributed by atoms with Gasteiger partial charge in [0, 0.05) is 12.6 Å². The first kappa shape index (κ1) is 14.6. The largest absolute Gasteiger partial charge is 0.506 e. The molecule has 3 rings (SSSR count). The summed E-state index contributed by atoms with van der Waals surface area (Å²) in [7, 11) is 0. The Morgan fingerprint density at radius 2 is 2.10 bits per heavy atom. The van der Waals surface area contributed by atoms with Crippen LogP contribution < -0.4 is 0 Å². The molecule has 1 amide bonds. The third-order valence-electron chi connectivity index (χ3n) is 4.54. The first-order valence-electron chi connectivity index (χ1n) is 7.33. The van der Waals surface area contributed by atoms with Gasteiger partial charge in [-0.3, -0.25) is 9.59 Å². The summed E-state index contributed by atoms with van der Waals surface area (Å²) in [5.41, 5.74) is 1.13. The third-order valence-corrected chi connectivity index (χ3v) is 5.14. The average molecular weight is 352 g/mol. The van der Waals surface area contributed by atoms with Crippen LogP contribution in [0.2, 0.25) is 0 Å². The Balaban J connectivity index is 1.90. The van der Waals surface area contributed by atoms with Gasteiger partial charge in [-0.15, -0.1) is 0 Å². The first-order valence-corrected chi connectivity index (χ1v) is 8.12. The van der Waals surface area contributed by atoms with Gasteiger partial charge in [-0.25, -0.2) is 0 Å². The van der Waals surface area contributed by atoms with Gasteiger partial charge in [0.15, 0.2) is 5.78 Å². The van der Waals surface area contributed by atoms with Gasteiger partial charge in [-0.05, 0) is 66.2 Å². The molecule has 1 aromatic rings. The fourth-order valence-corrected chi connectivity index (χ4v) is 4.04. The maximum absolute atomic E-state index is 12.7. The van der Waals surface area contributed by atoms with Crippen molar-refractivity contribution in [3.63, 3.8) is 0 Å². The molecule has 0 saturated carbocycles. The van der Waals surface area contributed by atoms with Crippen LogP contribution in [0.1, 0.15) is 41.6 Å². The van der Waals surface area contributed by atoms with Crippen LogP contribution in [0.5, 0.6) is 5.75 Å². The molecule has 0 radical (unpaired) electrons. The second kappa shape index (κ2) is 5.44. The lowest BCUT2D eigenvalue weighted by Gasteiger charge is -2.34. The number of aromatic hydroxyl groups is 1. The normalized spacial score (nSPS) is 25.0. The van der Waals surface area contributed by atoms with Gasteiger partial charge in [0.1, 0.15) is 11.7 Å². The molecular weight excluding hydrogens is 334 g/mol. The Bertz CT molecular complexity index is 614. The van der Waals surface area contributed by atoms with Gasteiger partial charge in [0.25, 0.3) is 0 Å². The van der Waals surface area contributed by atoms with Crippen molar-refractivity contribution in [3.05, 3.63) is 27.7 Å². The maximum atomic E-state index is 12.7. The number of nitrogens with zero attached hydrogens (tertiary/aromatic N) is 1. The highest BCUT2D eigenvalue weighted by atomic mass is 79.9. The van der Waals surface area contributed by atoms with Gasteiger partial charge in [-0.1, -0.05) is 0 Å². The number of phenolic OH excluding ortho intramolecular Hbond substituents is 1. The molecular formula is C16H18BrNO3. The van der Waals surface area contributed by atoms with Crippen LogP contribution in [-0.4, -0.2) is 34.3 Å². The van der Waals surface area contributed by atoms with Crippen molar-refractivity contribution in [2.75, 3.05) is 6.54 Å². The highest BCUT2D eigenvalue weighted by Crippen LogP contribution is 2.36. The van der Waals surface area contributed by atoms with Crippen molar-refractivity contribution in [2.24, 2.45) is 5.92 Å². The van der Waals surface area contributed by atoms with Crippen LogP contribution in [0.3, 0.4) is 0 Å². The molecule has 0 aromatic heterocycles. The second-order valence-electron chi connectivity index (χ2n) is 5.96. The SMILES string of the molecule is Cc1cc(Br)c(O)c(C(=O)C2CCC3CCCN3C2=O)c1. The Hall–Kier alpha value is -1.36. The molecule has 112 valence electrons. The summed E-state index contributed by atoms with van der Waals surface area (Å²) in [4.78, 5) is 27.1. The summed E-state index contributed by atoms with van der Waals surface area (Å²) in [6.45, 7) is 2.62. The number of carbonyl (C=O) groups excluding carboxylic acids is 2. The second-order valence-corrected chi connectivity index (χ2v) is 6.82. The summed E-state index contributed by atoms with van der Waals surface area (Å²) >= 11 is 3.25. The molecule has 21 heavy (non-hydrogen) atoms. The van der Waals surface area contributed by atoms with Crippen LogP contribution in [0.25, 0.3) is 0 Å². The summed E-state index contributed by atoms with van der Waals surface area (Å²) in [6.07, 6.45) is 3.55. The van der Waals surface area contributed by atoms with E-state index < -0.39 is 5.92 Å². The van der Waals surface area contributed by atoms with E-state index in [2.05, 4.69) is 15.9 Å². The Labute approximate surface area is 132 Å². The van der Waals surface area contributed by atoms with Crippen molar-refractivity contribution in [1.29, 1.82) is 0 Å². The van der Waals surface area contributed by atoms with Crippen molar-refractivity contribution in [1.82, 2.24) is 4.90 Å². The molecule has 5 heteroatoms. The quantitative estimate of drug-likeness (QED) is 0.658. The molecule has 2 atom stereocenters. The minimum Gasteiger partial charge on any atom is -0.506 e. The molecule has 4 nitrogen and oxygen atoms in total. The first-order chi connectivity index (χ1) is 9.99. The van der Waals surface area contributed by atoms with Crippen LogP contribution >= 0.6 is 15.9 Å². The standard InChI is InChI=1S/C16H18BrNO3/c1-9-7-12(15(20)13(17)8-9)14(19)11-5-4-10-3-2-6-18(10)16(11)21/h7-8,10-11,20H,2-6H2,1H3. The number of amides is 1. The molecule has 2 saturated heterocycles. The number of halogens is 1. The van der Waals surface area contributed by atoms with Crippen LogP contribution in [0, 0.1) is 12.8 Å². The van der Waals surface area contributed by atoms with Crippen molar-refractivity contribution < 1.29 is 14.7 Å². The number of fused-ring (bicyclic) bond motifs is 1. The smallest absolute Gasteiger partial charge is 0.233 e. The minimum atomic E-state index is -0.640. The number of ketones is 1. The number of aryl methyl sites for hydroxylation is 1. The fraction of sp³-hybridized carbons (Fsp3) is 0.500. The minimum absolute atomic E-state index is 0.0641. The molecule has 2 heterocycles. The van der Waals surface area contributed by atoms with Gasteiger partial charge in [-0.2, -0.15) is 0 Å². The maximum Gasteiger partial charge on any atom is 0.233 e. The lowest BCUT2D eigenvalue weighted by atomic mass is 9.86. The topological polar surface area (TPSA) is 57.6 Å². The molecule has 1 aromatic carbocycles. The zero-order valence-corrected chi connectivity index (χ0v) is 13.5. The van der Waals surface area contributed by atoms with E-state index in [9.17, 15) is 14.7 Å². The van der Waals surface area contributed by atoms with Crippen LogP contribution in [0.15, 0.2) is 16.6 Å². The summed E-state index contributed by atoms with van der Waals surface area (Å²) < 4.78 is 0.494. The average Bonchev–Trinajstić information content (AvgIpc) is 2.92. The fourth-order valence-electron chi connectivity index (χ4n) is 3.46. The predicted molar refractivity (Wildman–Crippen MR) is 82.3 cm³/mol. The number of hydrogen-bond acceptors (Lipinski definition) is 3. The molecule has 0 aliphatic carbocycles. The molecule has 2 aliphatic heterocycles. The van der Waals surface area contributed by atoms with Crippen molar-refractivity contribution >= 4 is 27.6 Å². The van der Waals surface area contributed by atoms with E-state index in [0.29, 0.717) is 16.9 Å². The molecule has 0 bridgehead atoms. The van der Waals surface area contributed by atoms with Crippen LogP contribution in [-0.2, 0) is 4.79 Å².